The molecule has 3 aliphatic carbocycles. The first-order valence-corrected chi connectivity index (χ1v) is 11.6. The molecular formula is C21H29N3O4S. The van der Waals surface area contributed by atoms with Crippen LogP contribution >= 0.6 is 0 Å². The summed E-state index contributed by atoms with van der Waals surface area (Å²) in [5.74, 6) is 0.380. The molecule has 8 heteroatoms. The summed E-state index contributed by atoms with van der Waals surface area (Å²) in [4.78, 5) is 12.7. The van der Waals surface area contributed by atoms with Crippen LogP contribution in [0.25, 0.3) is 0 Å². The molecule has 0 unspecified atom stereocenters. The molecule has 3 aliphatic rings. The molecule has 0 heterocycles. The van der Waals surface area contributed by atoms with Gasteiger partial charge in [-0.1, -0.05) is 20.8 Å². The Kier molecular flexibility index (Phi) is 4.77. The fraction of sp³-hybridized carbons (Fsp3) is 0.619. The monoisotopic (exact) mass is 419 g/mol. The molecule has 2 bridgehead atoms. The highest BCUT2D eigenvalue weighted by Crippen LogP contribution is 2.63. The Balaban J connectivity index is 1.56. The number of ether oxygens (including phenoxy) is 1. The van der Waals surface area contributed by atoms with Gasteiger partial charge in [0, 0.05) is 22.7 Å². The molecule has 1 aromatic rings. The first-order valence-electron chi connectivity index (χ1n) is 10.2. The summed E-state index contributed by atoms with van der Waals surface area (Å²) in [6, 6.07) is 4.38. The van der Waals surface area contributed by atoms with Crippen molar-refractivity contribution in [3.63, 3.8) is 0 Å². The van der Waals surface area contributed by atoms with Gasteiger partial charge in [-0.2, -0.15) is 5.10 Å². The highest BCUT2D eigenvalue weighted by molar-refractivity contribution is 7.89. The molecule has 2 N–H and O–H groups in total. The van der Waals surface area contributed by atoms with Crippen LogP contribution in [-0.4, -0.2) is 33.2 Å². The van der Waals surface area contributed by atoms with Crippen LogP contribution in [0.5, 0.6) is 5.75 Å². The van der Waals surface area contributed by atoms with Crippen molar-refractivity contribution in [2.45, 2.75) is 63.8 Å². The molecule has 0 spiro atoms. The van der Waals surface area contributed by atoms with Crippen LogP contribution in [0.2, 0.25) is 0 Å². The van der Waals surface area contributed by atoms with Crippen molar-refractivity contribution in [2.75, 3.05) is 7.11 Å². The number of hydrazone groups is 1. The second kappa shape index (κ2) is 6.80. The largest absolute Gasteiger partial charge is 0.495 e. The Morgan fingerprint density at radius 3 is 2.48 bits per heavy atom. The number of hydrogen-bond acceptors (Lipinski definition) is 5. The van der Waals surface area contributed by atoms with Crippen LogP contribution in [0.3, 0.4) is 0 Å². The van der Waals surface area contributed by atoms with E-state index in [2.05, 4.69) is 36.0 Å². The lowest BCUT2D eigenvalue weighted by Gasteiger charge is -2.34. The number of fused-ring (bicyclic) bond motifs is 2. The van der Waals surface area contributed by atoms with E-state index in [1.165, 1.54) is 25.7 Å². The van der Waals surface area contributed by atoms with Crippen LogP contribution in [0.4, 0.5) is 0 Å². The third kappa shape index (κ3) is 3.36. The molecule has 3 saturated carbocycles. The van der Waals surface area contributed by atoms with Crippen LogP contribution < -0.4 is 14.9 Å². The maximum atomic E-state index is 12.7. The number of carbonyl (C=O) groups is 1. The highest BCUT2D eigenvalue weighted by atomic mass is 32.2. The Hall–Kier alpha value is -1.93. The van der Waals surface area contributed by atoms with Crippen molar-refractivity contribution < 1.29 is 17.9 Å². The first kappa shape index (κ1) is 20.3. The van der Waals surface area contributed by atoms with Crippen LogP contribution in [-0.2, 0) is 10.0 Å². The number of nitrogens with zero attached hydrogens (tertiary/aromatic N) is 1. The molecule has 2 atom stereocenters. The molecule has 4 rings (SSSR count). The number of carbonyl (C=O) groups excluding carboxylic acids is 1. The van der Waals surface area contributed by atoms with Crippen molar-refractivity contribution in [1.82, 2.24) is 10.1 Å². The first-order chi connectivity index (χ1) is 13.6. The van der Waals surface area contributed by atoms with Gasteiger partial charge >= 0.3 is 0 Å². The number of hydrogen-bond donors (Lipinski definition) is 2. The average molecular weight is 420 g/mol. The van der Waals surface area contributed by atoms with Crippen LogP contribution in [0.15, 0.2) is 28.2 Å². The Morgan fingerprint density at radius 2 is 1.93 bits per heavy atom. The van der Waals surface area contributed by atoms with Gasteiger partial charge < -0.3 is 4.74 Å². The molecule has 0 radical (unpaired) electrons. The summed E-state index contributed by atoms with van der Waals surface area (Å²) in [6.45, 7) is 6.79. The van der Waals surface area contributed by atoms with Gasteiger partial charge in [0.2, 0.25) is 10.0 Å². The van der Waals surface area contributed by atoms with E-state index in [1.807, 2.05) is 0 Å². The molecule has 0 saturated heterocycles. The topological polar surface area (TPSA) is 96.9 Å². The van der Waals surface area contributed by atoms with E-state index in [9.17, 15) is 13.2 Å². The maximum absolute atomic E-state index is 12.7. The number of methoxy groups -OCH3 is 1. The third-order valence-electron chi connectivity index (χ3n) is 7.42. The summed E-state index contributed by atoms with van der Waals surface area (Å²) >= 11 is 0. The van der Waals surface area contributed by atoms with Gasteiger partial charge in [0.15, 0.2) is 0 Å². The molecule has 158 valence electrons. The van der Waals surface area contributed by atoms with Crippen molar-refractivity contribution in [1.29, 1.82) is 0 Å². The Morgan fingerprint density at radius 1 is 1.21 bits per heavy atom. The zero-order valence-corrected chi connectivity index (χ0v) is 18.2. The van der Waals surface area contributed by atoms with Gasteiger partial charge in [0.1, 0.15) is 10.6 Å². The molecule has 0 aromatic heterocycles. The van der Waals surface area contributed by atoms with E-state index in [0.29, 0.717) is 5.92 Å². The van der Waals surface area contributed by atoms with E-state index in [-0.39, 0.29) is 33.1 Å². The van der Waals surface area contributed by atoms with Gasteiger partial charge in [0.05, 0.1) is 7.11 Å². The summed E-state index contributed by atoms with van der Waals surface area (Å²) in [5.41, 5.74) is 4.08. The predicted molar refractivity (Wildman–Crippen MR) is 110 cm³/mol. The minimum absolute atomic E-state index is 0.00641. The Labute approximate surface area is 172 Å². The molecule has 3 fully saturated rings. The summed E-state index contributed by atoms with van der Waals surface area (Å²) in [5, 5.41) is 4.46. The fourth-order valence-electron chi connectivity index (χ4n) is 4.79. The van der Waals surface area contributed by atoms with Crippen LogP contribution in [0, 0.1) is 16.7 Å². The minimum Gasteiger partial charge on any atom is -0.495 e. The molecule has 1 amide bonds. The normalized spacial score (nSPS) is 29.2. The molecule has 29 heavy (non-hydrogen) atoms. The van der Waals surface area contributed by atoms with Crippen molar-refractivity contribution in [2.24, 2.45) is 21.8 Å². The van der Waals surface area contributed by atoms with Gasteiger partial charge in [-0.05, 0) is 61.6 Å². The highest BCUT2D eigenvalue weighted by Gasteiger charge is 2.60. The number of nitrogens with one attached hydrogen (secondary N) is 2. The van der Waals surface area contributed by atoms with Crippen molar-refractivity contribution in [3.8, 4) is 5.75 Å². The zero-order valence-electron chi connectivity index (χ0n) is 17.4. The predicted octanol–water partition coefficient (Wildman–Crippen LogP) is 3.07. The molecule has 0 aliphatic heterocycles. The van der Waals surface area contributed by atoms with Gasteiger partial charge in [-0.15, -0.1) is 0 Å². The van der Waals surface area contributed by atoms with Crippen molar-refractivity contribution in [3.05, 3.63) is 23.8 Å². The SMILES string of the molecule is COc1ccc(C(=O)N/N=C2/C[C@H]3CC[C@@]2(C)C3(C)C)cc1S(=O)(=O)NC1CC1. The summed E-state index contributed by atoms with van der Waals surface area (Å²) < 4.78 is 33.1. The average Bonchev–Trinajstić information content (AvgIpc) is 3.42. The lowest BCUT2D eigenvalue weighted by atomic mass is 9.70. The number of sulfonamides is 1. The Bertz CT molecular complexity index is 982. The van der Waals surface area contributed by atoms with E-state index >= 15 is 0 Å². The quantitative estimate of drug-likeness (QED) is 0.693. The zero-order chi connectivity index (χ0) is 21.0. The minimum atomic E-state index is -3.75. The number of amides is 1. The lowest BCUT2D eigenvalue weighted by Crippen LogP contribution is -2.34. The second-order valence-electron chi connectivity index (χ2n) is 9.25. The summed E-state index contributed by atoms with van der Waals surface area (Å²) in [7, 11) is -2.34. The van der Waals surface area contributed by atoms with E-state index < -0.39 is 15.9 Å². The van der Waals surface area contributed by atoms with E-state index in [1.54, 1.807) is 6.07 Å². The smallest absolute Gasteiger partial charge is 0.271 e. The second-order valence-corrected chi connectivity index (χ2v) is 10.9. The maximum Gasteiger partial charge on any atom is 0.271 e. The standard InChI is InChI=1S/C21H29N3O4S/c1-20(2)14-9-10-21(20,3)18(12-14)22-23-19(25)13-5-8-16(28-4)17(11-13)29(26,27)24-15-6-7-15/h5,8,11,14-15,24H,6-7,9-10,12H2,1-4H3,(H,23,25)/b22-18-/t14-,21-/m1/s1. The van der Waals surface area contributed by atoms with Crippen molar-refractivity contribution >= 4 is 21.6 Å². The third-order valence-corrected chi connectivity index (χ3v) is 8.96. The lowest BCUT2D eigenvalue weighted by molar-refractivity contribution is 0.0953. The van der Waals surface area contributed by atoms with Crippen LogP contribution in [0.1, 0.15) is 63.2 Å². The molecule has 7 nitrogen and oxygen atoms in total. The van der Waals surface area contributed by atoms with Gasteiger partial charge in [-0.3, -0.25) is 4.79 Å². The number of rotatable bonds is 6. The summed E-state index contributed by atoms with van der Waals surface area (Å²) in [6.07, 6.45) is 4.84. The molecule has 1 aromatic carbocycles. The molecular weight excluding hydrogens is 390 g/mol. The van der Waals surface area contributed by atoms with E-state index in [0.717, 1.165) is 31.4 Å². The van der Waals surface area contributed by atoms with E-state index in [4.69, 9.17) is 4.74 Å². The van der Waals surface area contributed by atoms with Gasteiger partial charge in [0.25, 0.3) is 5.91 Å². The fourth-order valence-corrected chi connectivity index (χ4v) is 6.29. The number of benzene rings is 1. The van der Waals surface area contributed by atoms with Gasteiger partial charge in [-0.25, -0.2) is 18.6 Å².